The van der Waals surface area contributed by atoms with Crippen molar-refractivity contribution in [1.82, 2.24) is 10.3 Å². The fourth-order valence-corrected chi connectivity index (χ4v) is 2.42. The van der Waals surface area contributed by atoms with Crippen molar-refractivity contribution >= 4 is 23.3 Å². The molecule has 5 nitrogen and oxygen atoms in total. The van der Waals surface area contributed by atoms with Crippen molar-refractivity contribution in [2.45, 2.75) is 31.8 Å². The molecular formula is C14H20ClN3O2. The maximum absolute atomic E-state index is 11.8. The van der Waals surface area contributed by atoms with Crippen molar-refractivity contribution in [3.63, 3.8) is 0 Å². The summed E-state index contributed by atoms with van der Waals surface area (Å²) < 4.78 is 5.67. The highest BCUT2D eigenvalue weighted by molar-refractivity contribution is 6.29. The Bertz CT molecular complexity index is 462. The van der Waals surface area contributed by atoms with Crippen LogP contribution in [0.3, 0.4) is 0 Å². The lowest BCUT2D eigenvalue weighted by atomic mass is 10.1. The Kier molecular flexibility index (Phi) is 5.61. The number of hydrogen-bond acceptors (Lipinski definition) is 4. The van der Waals surface area contributed by atoms with Crippen LogP contribution in [0.15, 0.2) is 12.1 Å². The number of ether oxygens (including phenoxy) is 1. The third-order valence-electron chi connectivity index (χ3n) is 3.37. The van der Waals surface area contributed by atoms with Crippen LogP contribution < -0.4 is 10.6 Å². The first-order chi connectivity index (χ1) is 9.70. The molecule has 1 aromatic rings. The van der Waals surface area contributed by atoms with E-state index in [1.807, 2.05) is 0 Å². The van der Waals surface area contributed by atoms with Crippen molar-refractivity contribution in [3.8, 4) is 0 Å². The minimum Gasteiger partial charge on any atom is -0.378 e. The summed E-state index contributed by atoms with van der Waals surface area (Å²) in [6.45, 7) is 1.56. The number of nitrogens with zero attached hydrogens (tertiary/aromatic N) is 1. The number of carbonyl (C=O) groups is 1. The van der Waals surface area contributed by atoms with Gasteiger partial charge in [0.1, 0.15) is 11.0 Å². The van der Waals surface area contributed by atoms with Crippen LogP contribution in [0.1, 0.15) is 36.0 Å². The Balaban J connectivity index is 1.93. The quantitative estimate of drug-likeness (QED) is 0.820. The molecule has 2 N–H and O–H groups in total. The van der Waals surface area contributed by atoms with Crippen LogP contribution in [0.25, 0.3) is 0 Å². The van der Waals surface area contributed by atoms with Crippen molar-refractivity contribution in [3.05, 3.63) is 22.8 Å². The lowest BCUT2D eigenvalue weighted by Gasteiger charge is -2.22. The topological polar surface area (TPSA) is 63.2 Å². The molecule has 0 bridgehead atoms. The molecule has 20 heavy (non-hydrogen) atoms. The van der Waals surface area contributed by atoms with Crippen LogP contribution in [0.5, 0.6) is 0 Å². The number of amides is 1. The first kappa shape index (κ1) is 15.1. The summed E-state index contributed by atoms with van der Waals surface area (Å²) in [5, 5.41) is 6.14. The van der Waals surface area contributed by atoms with E-state index >= 15 is 0 Å². The van der Waals surface area contributed by atoms with E-state index in [4.69, 9.17) is 16.3 Å². The number of anilines is 1. The van der Waals surface area contributed by atoms with Crippen LogP contribution in [-0.4, -0.2) is 37.2 Å². The van der Waals surface area contributed by atoms with Gasteiger partial charge in [0, 0.05) is 20.2 Å². The van der Waals surface area contributed by atoms with Crippen LogP contribution in [0.2, 0.25) is 5.15 Å². The third kappa shape index (κ3) is 4.08. The standard InChI is InChI=1S/C14H20ClN3O2/c1-16-14(19)11-5-6-12(15)18-13(11)17-8-7-10-4-2-3-9-20-10/h5-6,10H,2-4,7-9H2,1H3,(H,16,19)(H,17,18). The molecule has 6 heteroatoms. The van der Waals surface area contributed by atoms with E-state index in [1.165, 1.54) is 6.42 Å². The monoisotopic (exact) mass is 297 g/mol. The largest absolute Gasteiger partial charge is 0.378 e. The number of aromatic nitrogens is 1. The third-order valence-corrected chi connectivity index (χ3v) is 3.58. The van der Waals surface area contributed by atoms with E-state index in [2.05, 4.69) is 15.6 Å². The van der Waals surface area contributed by atoms with Gasteiger partial charge < -0.3 is 15.4 Å². The van der Waals surface area contributed by atoms with Crippen LogP contribution in [0, 0.1) is 0 Å². The van der Waals surface area contributed by atoms with Gasteiger partial charge in [-0.2, -0.15) is 0 Å². The van der Waals surface area contributed by atoms with Gasteiger partial charge >= 0.3 is 0 Å². The van der Waals surface area contributed by atoms with Gasteiger partial charge in [0.05, 0.1) is 11.7 Å². The van der Waals surface area contributed by atoms with Gasteiger partial charge in [-0.25, -0.2) is 4.98 Å². The average molecular weight is 298 g/mol. The van der Waals surface area contributed by atoms with Gasteiger partial charge in [0.15, 0.2) is 0 Å². The molecule has 0 radical (unpaired) electrons. The van der Waals surface area contributed by atoms with Crippen LogP contribution in [-0.2, 0) is 4.74 Å². The molecule has 1 saturated heterocycles. The SMILES string of the molecule is CNC(=O)c1ccc(Cl)nc1NCCC1CCCCO1. The molecule has 1 amide bonds. The summed E-state index contributed by atoms with van der Waals surface area (Å²) in [5.74, 6) is 0.346. The van der Waals surface area contributed by atoms with Gasteiger partial charge in [0.2, 0.25) is 0 Å². The molecule has 1 aliphatic rings. The molecule has 1 fully saturated rings. The zero-order chi connectivity index (χ0) is 14.4. The zero-order valence-corrected chi connectivity index (χ0v) is 12.4. The number of nitrogens with one attached hydrogen (secondary N) is 2. The Hall–Kier alpha value is -1.33. The zero-order valence-electron chi connectivity index (χ0n) is 11.6. The van der Waals surface area contributed by atoms with E-state index in [0.717, 1.165) is 25.9 Å². The van der Waals surface area contributed by atoms with E-state index in [9.17, 15) is 4.79 Å². The van der Waals surface area contributed by atoms with Gasteiger partial charge in [0.25, 0.3) is 5.91 Å². The highest BCUT2D eigenvalue weighted by Crippen LogP contribution is 2.18. The Morgan fingerprint density at radius 1 is 1.50 bits per heavy atom. The van der Waals surface area contributed by atoms with Crippen LogP contribution >= 0.6 is 11.6 Å². The summed E-state index contributed by atoms with van der Waals surface area (Å²) in [6, 6.07) is 3.29. The number of carbonyl (C=O) groups excluding carboxylic acids is 1. The first-order valence-electron chi connectivity index (χ1n) is 6.95. The van der Waals surface area contributed by atoms with E-state index in [-0.39, 0.29) is 5.91 Å². The second kappa shape index (κ2) is 7.45. The number of hydrogen-bond donors (Lipinski definition) is 2. The minimum absolute atomic E-state index is 0.175. The summed E-state index contributed by atoms with van der Waals surface area (Å²) in [6.07, 6.45) is 4.69. The first-order valence-corrected chi connectivity index (χ1v) is 7.32. The maximum Gasteiger partial charge on any atom is 0.254 e. The minimum atomic E-state index is -0.175. The molecule has 0 spiro atoms. The summed E-state index contributed by atoms with van der Waals surface area (Å²) >= 11 is 5.88. The predicted octanol–water partition coefficient (Wildman–Crippen LogP) is 2.47. The lowest BCUT2D eigenvalue weighted by molar-refractivity contribution is 0.0134. The second-order valence-corrected chi connectivity index (χ2v) is 5.20. The lowest BCUT2D eigenvalue weighted by Crippen LogP contribution is -2.24. The summed E-state index contributed by atoms with van der Waals surface area (Å²) in [4.78, 5) is 15.9. The molecule has 1 unspecified atom stereocenters. The van der Waals surface area contributed by atoms with Gasteiger partial charge in [-0.3, -0.25) is 4.79 Å². The summed E-state index contributed by atoms with van der Waals surface area (Å²) in [7, 11) is 1.59. The maximum atomic E-state index is 11.8. The molecule has 2 rings (SSSR count). The molecule has 0 aliphatic carbocycles. The van der Waals surface area contributed by atoms with Crippen molar-refractivity contribution < 1.29 is 9.53 Å². The van der Waals surface area contributed by atoms with Gasteiger partial charge in [-0.15, -0.1) is 0 Å². The van der Waals surface area contributed by atoms with E-state index in [0.29, 0.717) is 29.2 Å². The van der Waals surface area contributed by atoms with Crippen molar-refractivity contribution in [1.29, 1.82) is 0 Å². The van der Waals surface area contributed by atoms with Gasteiger partial charge in [-0.1, -0.05) is 11.6 Å². The molecule has 0 saturated carbocycles. The Labute approximate surface area is 124 Å². The molecule has 1 aromatic heterocycles. The highest BCUT2D eigenvalue weighted by Gasteiger charge is 2.15. The normalized spacial score (nSPS) is 18.6. The second-order valence-electron chi connectivity index (χ2n) is 4.81. The van der Waals surface area contributed by atoms with Crippen molar-refractivity contribution in [2.75, 3.05) is 25.5 Å². The fourth-order valence-electron chi connectivity index (χ4n) is 2.27. The van der Waals surface area contributed by atoms with Crippen molar-refractivity contribution in [2.24, 2.45) is 0 Å². The van der Waals surface area contributed by atoms with E-state index in [1.54, 1.807) is 19.2 Å². The molecule has 1 aliphatic heterocycles. The molecule has 1 atom stereocenters. The molecular weight excluding hydrogens is 278 g/mol. The van der Waals surface area contributed by atoms with Crippen LogP contribution in [0.4, 0.5) is 5.82 Å². The smallest absolute Gasteiger partial charge is 0.254 e. The molecule has 2 heterocycles. The number of rotatable bonds is 5. The fraction of sp³-hybridized carbons (Fsp3) is 0.571. The Morgan fingerprint density at radius 3 is 3.05 bits per heavy atom. The number of halogens is 1. The Morgan fingerprint density at radius 2 is 2.35 bits per heavy atom. The molecule has 110 valence electrons. The number of pyridine rings is 1. The summed E-state index contributed by atoms with van der Waals surface area (Å²) in [5.41, 5.74) is 0.501. The predicted molar refractivity (Wildman–Crippen MR) is 79.3 cm³/mol. The highest BCUT2D eigenvalue weighted by atomic mass is 35.5. The van der Waals surface area contributed by atoms with Gasteiger partial charge in [-0.05, 0) is 37.8 Å². The molecule has 0 aromatic carbocycles. The van der Waals surface area contributed by atoms with E-state index < -0.39 is 0 Å². The average Bonchev–Trinajstić information content (AvgIpc) is 2.48.